The summed E-state index contributed by atoms with van der Waals surface area (Å²) in [7, 11) is 3.23. The standard InChI is InChI=1S/C11H14ClNOS2/c1-3-14-11(16-15-4-2)13-10-8-6-5-7-9(10)12/h5-8H,3-4H2,1-2H3. The predicted octanol–water partition coefficient (Wildman–Crippen LogP) is 4.77. The molecular weight excluding hydrogens is 262 g/mol. The van der Waals surface area contributed by atoms with Crippen molar-refractivity contribution in [1.29, 1.82) is 0 Å². The summed E-state index contributed by atoms with van der Waals surface area (Å²) in [6.07, 6.45) is 0. The van der Waals surface area contributed by atoms with Crippen molar-refractivity contribution in [2.24, 2.45) is 4.99 Å². The van der Waals surface area contributed by atoms with Crippen LogP contribution in [0.1, 0.15) is 13.8 Å². The van der Waals surface area contributed by atoms with Crippen molar-refractivity contribution in [3.8, 4) is 0 Å². The molecular formula is C11H14ClNOS2. The summed E-state index contributed by atoms with van der Waals surface area (Å²) in [6, 6.07) is 7.49. The molecule has 88 valence electrons. The van der Waals surface area contributed by atoms with Crippen LogP contribution in [0.2, 0.25) is 5.02 Å². The van der Waals surface area contributed by atoms with Gasteiger partial charge in [0, 0.05) is 16.5 Å². The van der Waals surface area contributed by atoms with E-state index in [1.165, 1.54) is 10.8 Å². The molecule has 0 fully saturated rings. The van der Waals surface area contributed by atoms with Gasteiger partial charge < -0.3 is 4.74 Å². The van der Waals surface area contributed by atoms with Gasteiger partial charge in [0.2, 0.25) is 0 Å². The maximum absolute atomic E-state index is 6.02. The molecule has 0 aromatic heterocycles. The summed E-state index contributed by atoms with van der Waals surface area (Å²) in [5.74, 6) is 1.01. The molecule has 16 heavy (non-hydrogen) atoms. The van der Waals surface area contributed by atoms with Gasteiger partial charge in [0.1, 0.15) is 0 Å². The summed E-state index contributed by atoms with van der Waals surface area (Å²) in [5.41, 5.74) is 0.747. The maximum Gasteiger partial charge on any atom is 0.262 e. The second-order valence-corrected chi connectivity index (χ2v) is 5.70. The smallest absolute Gasteiger partial charge is 0.262 e. The molecule has 0 aliphatic heterocycles. The summed E-state index contributed by atoms with van der Waals surface area (Å²) in [6.45, 7) is 4.65. The fraction of sp³-hybridized carbons (Fsp3) is 0.364. The number of nitrogens with zero attached hydrogens (tertiary/aromatic N) is 1. The zero-order chi connectivity index (χ0) is 11.8. The Morgan fingerprint density at radius 1 is 1.38 bits per heavy atom. The van der Waals surface area contributed by atoms with Crippen LogP contribution in [0.25, 0.3) is 0 Å². The van der Waals surface area contributed by atoms with Crippen molar-refractivity contribution in [2.75, 3.05) is 12.4 Å². The van der Waals surface area contributed by atoms with Crippen LogP contribution >= 0.6 is 33.2 Å². The Balaban J connectivity index is 2.79. The lowest BCUT2D eigenvalue weighted by Crippen LogP contribution is -1.97. The van der Waals surface area contributed by atoms with Crippen LogP contribution in [-0.2, 0) is 4.74 Å². The number of ether oxygens (including phenoxy) is 1. The largest absolute Gasteiger partial charge is 0.473 e. The fourth-order valence-corrected chi connectivity index (χ4v) is 2.56. The second-order valence-electron chi connectivity index (χ2n) is 2.75. The van der Waals surface area contributed by atoms with Crippen molar-refractivity contribution in [2.45, 2.75) is 13.8 Å². The zero-order valence-electron chi connectivity index (χ0n) is 9.27. The van der Waals surface area contributed by atoms with Gasteiger partial charge in [-0.3, -0.25) is 0 Å². The number of hydrogen-bond donors (Lipinski definition) is 0. The Morgan fingerprint density at radius 3 is 2.75 bits per heavy atom. The van der Waals surface area contributed by atoms with E-state index in [4.69, 9.17) is 16.3 Å². The molecule has 0 spiro atoms. The molecule has 0 atom stereocenters. The van der Waals surface area contributed by atoms with Gasteiger partial charge in [-0.2, -0.15) is 0 Å². The van der Waals surface area contributed by atoms with Crippen LogP contribution in [-0.4, -0.2) is 17.6 Å². The van der Waals surface area contributed by atoms with Crippen LogP contribution < -0.4 is 0 Å². The van der Waals surface area contributed by atoms with E-state index < -0.39 is 0 Å². The minimum Gasteiger partial charge on any atom is -0.473 e. The van der Waals surface area contributed by atoms with Crippen LogP contribution in [0.15, 0.2) is 29.3 Å². The zero-order valence-corrected chi connectivity index (χ0v) is 11.7. The third-order valence-corrected chi connectivity index (χ3v) is 4.09. The number of aliphatic imine (C=N–C) groups is 1. The number of hydrogen-bond acceptors (Lipinski definition) is 4. The van der Waals surface area contributed by atoms with Crippen LogP contribution in [0.5, 0.6) is 0 Å². The van der Waals surface area contributed by atoms with Crippen molar-refractivity contribution in [1.82, 2.24) is 0 Å². The number of benzene rings is 1. The topological polar surface area (TPSA) is 21.6 Å². The van der Waals surface area contributed by atoms with E-state index in [2.05, 4.69) is 11.9 Å². The minimum absolute atomic E-state index is 0.612. The summed E-state index contributed by atoms with van der Waals surface area (Å²) in [5, 5.41) is 1.30. The van der Waals surface area contributed by atoms with Gasteiger partial charge in [0.15, 0.2) is 0 Å². The molecule has 0 bridgehead atoms. The normalized spacial score (nSPS) is 11.6. The number of rotatable bonds is 4. The van der Waals surface area contributed by atoms with E-state index in [0.29, 0.717) is 16.9 Å². The Bertz CT molecular complexity index is 358. The highest BCUT2D eigenvalue weighted by molar-refractivity contribution is 8.82. The van der Waals surface area contributed by atoms with Crippen molar-refractivity contribution in [3.05, 3.63) is 29.3 Å². The Hall–Kier alpha value is -0.320. The molecule has 0 aliphatic carbocycles. The summed E-state index contributed by atoms with van der Waals surface area (Å²) >= 11 is 6.02. The van der Waals surface area contributed by atoms with E-state index >= 15 is 0 Å². The summed E-state index contributed by atoms with van der Waals surface area (Å²) in [4.78, 5) is 4.39. The molecule has 0 amide bonds. The minimum atomic E-state index is 0.612. The lowest BCUT2D eigenvalue weighted by Gasteiger charge is -2.05. The lowest BCUT2D eigenvalue weighted by molar-refractivity contribution is 0.338. The average molecular weight is 276 g/mol. The highest BCUT2D eigenvalue weighted by Gasteiger charge is 2.03. The molecule has 2 nitrogen and oxygen atoms in total. The van der Waals surface area contributed by atoms with Crippen LogP contribution in [0, 0.1) is 0 Å². The highest BCUT2D eigenvalue weighted by Crippen LogP contribution is 2.29. The van der Waals surface area contributed by atoms with Crippen LogP contribution in [0.3, 0.4) is 0 Å². The molecule has 1 rings (SSSR count). The summed E-state index contributed by atoms with van der Waals surface area (Å²) < 4.78 is 5.44. The Labute approximate surface area is 109 Å². The lowest BCUT2D eigenvalue weighted by atomic mass is 10.3. The predicted molar refractivity (Wildman–Crippen MR) is 75.9 cm³/mol. The molecule has 1 aromatic carbocycles. The van der Waals surface area contributed by atoms with E-state index in [1.54, 1.807) is 10.8 Å². The first kappa shape index (κ1) is 13.7. The van der Waals surface area contributed by atoms with Gasteiger partial charge in [0.25, 0.3) is 5.23 Å². The van der Waals surface area contributed by atoms with Gasteiger partial charge in [-0.05, 0) is 19.1 Å². The van der Waals surface area contributed by atoms with Gasteiger partial charge in [-0.1, -0.05) is 41.5 Å². The highest BCUT2D eigenvalue weighted by atomic mass is 35.5. The third-order valence-electron chi connectivity index (χ3n) is 1.58. The Kier molecular flexibility index (Phi) is 6.76. The van der Waals surface area contributed by atoms with Crippen molar-refractivity contribution >= 4 is 44.1 Å². The molecule has 0 N–H and O–H groups in total. The monoisotopic (exact) mass is 275 g/mol. The van der Waals surface area contributed by atoms with Gasteiger partial charge in [0.05, 0.1) is 17.3 Å². The molecule has 1 aromatic rings. The molecule has 0 heterocycles. The molecule has 0 saturated carbocycles. The SMILES string of the molecule is CCOC(=Nc1ccccc1Cl)SSCC. The first-order chi connectivity index (χ1) is 7.77. The van der Waals surface area contributed by atoms with E-state index in [0.717, 1.165) is 11.4 Å². The van der Waals surface area contributed by atoms with Crippen molar-refractivity contribution in [3.63, 3.8) is 0 Å². The molecule has 0 unspecified atom stereocenters. The van der Waals surface area contributed by atoms with Crippen molar-refractivity contribution < 1.29 is 4.74 Å². The van der Waals surface area contributed by atoms with Gasteiger partial charge in [-0.25, -0.2) is 4.99 Å². The molecule has 0 saturated heterocycles. The maximum atomic E-state index is 6.02. The molecule has 0 radical (unpaired) electrons. The second kappa shape index (κ2) is 7.87. The van der Waals surface area contributed by atoms with E-state index in [1.807, 2.05) is 31.2 Å². The third kappa shape index (κ3) is 4.68. The quantitative estimate of drug-likeness (QED) is 0.449. The Morgan fingerprint density at radius 2 is 2.12 bits per heavy atom. The first-order valence-electron chi connectivity index (χ1n) is 5.03. The van der Waals surface area contributed by atoms with E-state index in [9.17, 15) is 0 Å². The fourth-order valence-electron chi connectivity index (χ4n) is 0.949. The number of para-hydroxylation sites is 1. The van der Waals surface area contributed by atoms with Gasteiger partial charge in [-0.15, -0.1) is 0 Å². The van der Waals surface area contributed by atoms with Crippen LogP contribution in [0.4, 0.5) is 5.69 Å². The molecule has 0 aliphatic rings. The molecule has 5 heteroatoms. The number of halogens is 1. The average Bonchev–Trinajstić information content (AvgIpc) is 2.29. The van der Waals surface area contributed by atoms with E-state index in [-0.39, 0.29) is 0 Å². The van der Waals surface area contributed by atoms with Gasteiger partial charge >= 0.3 is 0 Å². The first-order valence-corrected chi connectivity index (χ1v) is 7.73.